The molecule has 3 heteroatoms. The highest BCUT2D eigenvalue weighted by Crippen LogP contribution is 2.07. The van der Waals surface area contributed by atoms with E-state index in [0.717, 1.165) is 0 Å². The first-order valence-electron chi connectivity index (χ1n) is 2.71. The van der Waals surface area contributed by atoms with Crippen LogP contribution >= 0.6 is 23.2 Å². The second-order valence-corrected chi connectivity index (χ2v) is 2.66. The van der Waals surface area contributed by atoms with Gasteiger partial charge in [0.2, 0.25) is 0 Å². The van der Waals surface area contributed by atoms with Gasteiger partial charge >= 0.3 is 0 Å². The van der Waals surface area contributed by atoms with Gasteiger partial charge in [0.05, 0.1) is 11.5 Å². The molecule has 1 nitrogen and oxygen atoms in total. The summed E-state index contributed by atoms with van der Waals surface area (Å²) in [6, 6.07) is 0. The Bertz CT molecular complexity index is 85.1. The zero-order valence-electron chi connectivity index (χ0n) is 5.06. The number of hydrogen-bond donors (Lipinski definition) is 1. The van der Waals surface area contributed by atoms with E-state index in [9.17, 15) is 0 Å². The number of halogens is 2. The van der Waals surface area contributed by atoms with Crippen LogP contribution in [0.1, 0.15) is 6.42 Å². The molecule has 0 rings (SSSR count). The van der Waals surface area contributed by atoms with Crippen molar-refractivity contribution in [2.45, 2.75) is 17.9 Å². The predicted molar refractivity (Wildman–Crippen MR) is 41.2 cm³/mol. The van der Waals surface area contributed by atoms with Crippen LogP contribution in [0.25, 0.3) is 0 Å². The highest BCUT2D eigenvalue weighted by Gasteiger charge is 2.06. The lowest BCUT2D eigenvalue weighted by molar-refractivity contribution is 0.190. The minimum Gasteiger partial charge on any atom is -0.392 e. The monoisotopic (exact) mass is 168 g/mol. The summed E-state index contributed by atoms with van der Waals surface area (Å²) in [5.41, 5.74) is 0. The third-order valence-electron chi connectivity index (χ3n) is 0.931. The van der Waals surface area contributed by atoms with E-state index in [2.05, 4.69) is 6.58 Å². The zero-order valence-corrected chi connectivity index (χ0v) is 6.57. The topological polar surface area (TPSA) is 20.2 Å². The molecular formula is C6H10Cl2O. The zero-order chi connectivity index (χ0) is 7.28. The molecule has 0 aliphatic heterocycles. The van der Waals surface area contributed by atoms with E-state index in [0.29, 0.717) is 6.42 Å². The molecule has 0 aliphatic rings. The average Bonchev–Trinajstić information content (AvgIpc) is 1.87. The van der Waals surface area contributed by atoms with Crippen molar-refractivity contribution < 1.29 is 5.11 Å². The predicted octanol–water partition coefficient (Wildman–Crippen LogP) is 1.77. The van der Waals surface area contributed by atoms with Gasteiger partial charge in [-0.05, 0) is 6.42 Å². The van der Waals surface area contributed by atoms with Crippen molar-refractivity contribution in [3.8, 4) is 0 Å². The first kappa shape index (κ1) is 9.28. The molecule has 0 spiro atoms. The SMILES string of the molecule is C=CC(Cl)CC(O)CCl. The van der Waals surface area contributed by atoms with Crippen LogP contribution in [0.4, 0.5) is 0 Å². The lowest BCUT2D eigenvalue weighted by atomic mass is 10.2. The van der Waals surface area contributed by atoms with Crippen LogP contribution in [-0.2, 0) is 0 Å². The highest BCUT2D eigenvalue weighted by atomic mass is 35.5. The lowest BCUT2D eigenvalue weighted by Crippen LogP contribution is -2.13. The maximum atomic E-state index is 8.90. The Labute approximate surface area is 65.3 Å². The standard InChI is InChI=1S/C6H10Cl2O/c1-2-5(8)3-6(9)4-7/h2,5-6,9H,1,3-4H2. The summed E-state index contributed by atoms with van der Waals surface area (Å²) < 4.78 is 0. The average molecular weight is 169 g/mol. The van der Waals surface area contributed by atoms with E-state index in [4.69, 9.17) is 28.3 Å². The molecule has 0 aliphatic carbocycles. The van der Waals surface area contributed by atoms with Crippen molar-refractivity contribution in [3.05, 3.63) is 12.7 Å². The van der Waals surface area contributed by atoms with Crippen LogP contribution in [-0.4, -0.2) is 22.5 Å². The number of alkyl halides is 2. The van der Waals surface area contributed by atoms with Crippen LogP contribution in [0.3, 0.4) is 0 Å². The molecule has 0 saturated heterocycles. The molecule has 0 bridgehead atoms. The summed E-state index contributed by atoms with van der Waals surface area (Å²) in [5, 5.41) is 8.73. The van der Waals surface area contributed by atoms with Gasteiger partial charge < -0.3 is 5.11 Å². The number of aliphatic hydroxyl groups is 1. The smallest absolute Gasteiger partial charge is 0.0692 e. The van der Waals surface area contributed by atoms with Gasteiger partial charge in [0, 0.05) is 5.88 Å². The molecule has 0 aromatic carbocycles. The van der Waals surface area contributed by atoms with E-state index in [1.165, 1.54) is 0 Å². The molecule has 0 radical (unpaired) electrons. The van der Waals surface area contributed by atoms with Gasteiger partial charge in [-0.1, -0.05) is 6.08 Å². The van der Waals surface area contributed by atoms with Crippen molar-refractivity contribution in [1.82, 2.24) is 0 Å². The Morgan fingerprint density at radius 2 is 2.22 bits per heavy atom. The van der Waals surface area contributed by atoms with Crippen LogP contribution in [0.15, 0.2) is 12.7 Å². The van der Waals surface area contributed by atoms with Gasteiger partial charge in [0.15, 0.2) is 0 Å². The fourth-order valence-electron chi connectivity index (χ4n) is 0.419. The third kappa shape index (κ3) is 4.76. The first-order valence-corrected chi connectivity index (χ1v) is 3.68. The van der Waals surface area contributed by atoms with Gasteiger partial charge in [0.25, 0.3) is 0 Å². The number of rotatable bonds is 4. The van der Waals surface area contributed by atoms with Crippen LogP contribution in [0.2, 0.25) is 0 Å². The minimum atomic E-state index is -0.507. The van der Waals surface area contributed by atoms with Gasteiger partial charge in [-0.3, -0.25) is 0 Å². The van der Waals surface area contributed by atoms with E-state index in [1.54, 1.807) is 6.08 Å². The van der Waals surface area contributed by atoms with Crippen molar-refractivity contribution in [2.75, 3.05) is 5.88 Å². The summed E-state index contributed by atoms with van der Waals surface area (Å²) in [6.45, 7) is 3.46. The van der Waals surface area contributed by atoms with Crippen molar-refractivity contribution in [3.63, 3.8) is 0 Å². The van der Waals surface area contributed by atoms with E-state index >= 15 is 0 Å². The molecule has 2 atom stereocenters. The third-order valence-corrected chi connectivity index (χ3v) is 1.64. The van der Waals surface area contributed by atoms with Crippen LogP contribution in [0.5, 0.6) is 0 Å². The van der Waals surface area contributed by atoms with Crippen LogP contribution < -0.4 is 0 Å². The van der Waals surface area contributed by atoms with Crippen molar-refractivity contribution in [2.24, 2.45) is 0 Å². The highest BCUT2D eigenvalue weighted by molar-refractivity contribution is 6.22. The lowest BCUT2D eigenvalue weighted by Gasteiger charge is -2.07. The van der Waals surface area contributed by atoms with Crippen molar-refractivity contribution >= 4 is 23.2 Å². The Balaban J connectivity index is 3.33. The van der Waals surface area contributed by atoms with E-state index < -0.39 is 6.10 Å². The van der Waals surface area contributed by atoms with Crippen LogP contribution in [0, 0.1) is 0 Å². The van der Waals surface area contributed by atoms with Gasteiger partial charge in [-0.15, -0.1) is 29.8 Å². The minimum absolute atomic E-state index is 0.168. The maximum absolute atomic E-state index is 8.90. The van der Waals surface area contributed by atoms with E-state index in [-0.39, 0.29) is 11.3 Å². The summed E-state index contributed by atoms with van der Waals surface area (Å²) >= 11 is 10.9. The molecular weight excluding hydrogens is 159 g/mol. The Kier molecular flexibility index (Phi) is 5.25. The molecule has 54 valence electrons. The van der Waals surface area contributed by atoms with E-state index in [1.807, 2.05) is 0 Å². The fraction of sp³-hybridized carbons (Fsp3) is 0.667. The number of allylic oxidation sites excluding steroid dienone is 1. The van der Waals surface area contributed by atoms with Gasteiger partial charge in [-0.25, -0.2) is 0 Å². The molecule has 0 heterocycles. The van der Waals surface area contributed by atoms with Gasteiger partial charge in [-0.2, -0.15) is 0 Å². The summed E-state index contributed by atoms with van der Waals surface area (Å²) in [6.07, 6.45) is 1.55. The maximum Gasteiger partial charge on any atom is 0.0692 e. The molecule has 0 saturated carbocycles. The molecule has 1 N–H and O–H groups in total. The van der Waals surface area contributed by atoms with Crippen molar-refractivity contribution in [1.29, 1.82) is 0 Å². The summed E-state index contributed by atoms with van der Waals surface area (Å²) in [4.78, 5) is 0. The Morgan fingerprint density at radius 1 is 1.67 bits per heavy atom. The Morgan fingerprint density at radius 3 is 2.56 bits per heavy atom. The molecule has 0 aromatic heterocycles. The quantitative estimate of drug-likeness (QED) is 0.502. The number of hydrogen-bond acceptors (Lipinski definition) is 1. The summed E-state index contributed by atoms with van der Waals surface area (Å²) in [7, 11) is 0. The van der Waals surface area contributed by atoms with Gasteiger partial charge in [0.1, 0.15) is 0 Å². The Hall–Kier alpha value is 0.280. The molecule has 2 unspecified atom stereocenters. The summed E-state index contributed by atoms with van der Waals surface area (Å²) in [5.74, 6) is 0.233. The second kappa shape index (κ2) is 5.10. The molecule has 0 fully saturated rings. The second-order valence-electron chi connectivity index (χ2n) is 1.80. The normalized spacial score (nSPS) is 16.8. The number of aliphatic hydroxyl groups excluding tert-OH is 1. The first-order chi connectivity index (χ1) is 4.20. The largest absolute Gasteiger partial charge is 0.392 e. The molecule has 0 aromatic rings. The molecule has 0 amide bonds. The fourth-order valence-corrected chi connectivity index (χ4v) is 0.751. The molecule has 9 heavy (non-hydrogen) atoms.